The zero-order valence-electron chi connectivity index (χ0n) is 15.7. The van der Waals surface area contributed by atoms with Gasteiger partial charge in [0.25, 0.3) is 5.91 Å². The summed E-state index contributed by atoms with van der Waals surface area (Å²) in [4.78, 5) is 27.3. The number of nitrogens with one attached hydrogen (secondary N) is 2. The molecule has 0 aliphatic heterocycles. The van der Waals surface area contributed by atoms with Gasteiger partial charge in [0.2, 0.25) is 0 Å². The number of hydrogen-bond donors (Lipinski definition) is 2. The maximum absolute atomic E-state index is 12.5. The molecule has 0 bridgehead atoms. The van der Waals surface area contributed by atoms with E-state index in [0.29, 0.717) is 47.2 Å². The zero-order valence-corrected chi connectivity index (χ0v) is 15.7. The van der Waals surface area contributed by atoms with E-state index in [1.54, 1.807) is 21.0 Å². The van der Waals surface area contributed by atoms with Gasteiger partial charge in [-0.1, -0.05) is 6.07 Å². The molecular formula is C19H24N2O5. The van der Waals surface area contributed by atoms with E-state index < -0.39 is 5.97 Å². The lowest BCUT2D eigenvalue weighted by molar-refractivity contribution is 0.0599. The van der Waals surface area contributed by atoms with Crippen LogP contribution in [0.4, 0.5) is 0 Å². The molecule has 26 heavy (non-hydrogen) atoms. The average molecular weight is 360 g/mol. The molecule has 1 heterocycles. The summed E-state index contributed by atoms with van der Waals surface area (Å²) in [6, 6.07) is 5.49. The first-order valence-corrected chi connectivity index (χ1v) is 8.28. The van der Waals surface area contributed by atoms with E-state index in [1.807, 2.05) is 25.1 Å². The molecule has 0 fully saturated rings. The molecule has 0 spiro atoms. The maximum atomic E-state index is 12.5. The lowest BCUT2D eigenvalue weighted by atomic mass is 10.1. The van der Waals surface area contributed by atoms with Crippen molar-refractivity contribution >= 4 is 11.9 Å². The number of esters is 1. The Morgan fingerprint density at radius 3 is 2.50 bits per heavy atom. The third-order valence-corrected chi connectivity index (χ3v) is 4.04. The van der Waals surface area contributed by atoms with Gasteiger partial charge in [-0.05, 0) is 44.0 Å². The Kier molecular flexibility index (Phi) is 6.27. The fraction of sp³-hybridized carbons (Fsp3) is 0.368. The molecule has 0 aliphatic rings. The highest BCUT2D eigenvalue weighted by molar-refractivity contribution is 6.00. The average Bonchev–Trinajstić information content (AvgIpc) is 2.94. The van der Waals surface area contributed by atoms with Crippen LogP contribution in [0.15, 0.2) is 18.2 Å². The minimum Gasteiger partial charge on any atom is -0.493 e. The summed E-state index contributed by atoms with van der Waals surface area (Å²) in [6.07, 6.45) is 0. The molecule has 7 nitrogen and oxygen atoms in total. The monoisotopic (exact) mass is 360 g/mol. The Balaban J connectivity index is 2.13. The SMILES string of the molecule is CCOc1ccc(CNC(=O)c2[nH]c(C)c(C(=O)OC)c2C)cc1OC. The lowest BCUT2D eigenvalue weighted by Crippen LogP contribution is -2.24. The van der Waals surface area contributed by atoms with Crippen molar-refractivity contribution in [1.82, 2.24) is 10.3 Å². The van der Waals surface area contributed by atoms with Crippen LogP contribution in [-0.2, 0) is 11.3 Å². The number of aryl methyl sites for hydroxylation is 1. The van der Waals surface area contributed by atoms with Crippen molar-refractivity contribution in [2.75, 3.05) is 20.8 Å². The third kappa shape index (κ3) is 3.99. The summed E-state index contributed by atoms with van der Waals surface area (Å²) in [7, 11) is 2.88. The number of benzene rings is 1. The minimum absolute atomic E-state index is 0.298. The van der Waals surface area contributed by atoms with E-state index >= 15 is 0 Å². The molecule has 1 amide bonds. The number of carbonyl (C=O) groups excluding carboxylic acids is 2. The van der Waals surface area contributed by atoms with Gasteiger partial charge in [0, 0.05) is 12.2 Å². The summed E-state index contributed by atoms with van der Waals surface area (Å²) in [5.41, 5.74) is 2.77. The first-order valence-electron chi connectivity index (χ1n) is 8.28. The highest BCUT2D eigenvalue weighted by Crippen LogP contribution is 2.28. The second-order valence-corrected chi connectivity index (χ2v) is 5.72. The normalized spacial score (nSPS) is 10.3. The second kappa shape index (κ2) is 8.42. The third-order valence-electron chi connectivity index (χ3n) is 4.04. The van der Waals surface area contributed by atoms with Crippen LogP contribution in [0.5, 0.6) is 11.5 Å². The highest BCUT2D eigenvalue weighted by atomic mass is 16.5. The van der Waals surface area contributed by atoms with Crippen LogP contribution in [0.25, 0.3) is 0 Å². The van der Waals surface area contributed by atoms with E-state index in [9.17, 15) is 9.59 Å². The van der Waals surface area contributed by atoms with Crippen LogP contribution in [0.1, 0.15) is 44.6 Å². The fourth-order valence-electron chi connectivity index (χ4n) is 2.75. The molecule has 0 saturated heterocycles. The summed E-state index contributed by atoms with van der Waals surface area (Å²) < 4.78 is 15.6. The van der Waals surface area contributed by atoms with E-state index in [-0.39, 0.29) is 5.91 Å². The smallest absolute Gasteiger partial charge is 0.339 e. The molecule has 0 aliphatic carbocycles. The van der Waals surface area contributed by atoms with Crippen LogP contribution in [0.2, 0.25) is 0 Å². The van der Waals surface area contributed by atoms with E-state index in [2.05, 4.69) is 10.3 Å². The van der Waals surface area contributed by atoms with Crippen molar-refractivity contribution in [3.8, 4) is 11.5 Å². The number of amides is 1. The predicted molar refractivity (Wildman–Crippen MR) is 96.9 cm³/mol. The van der Waals surface area contributed by atoms with Crippen LogP contribution in [-0.4, -0.2) is 37.7 Å². The topological polar surface area (TPSA) is 89.7 Å². The summed E-state index contributed by atoms with van der Waals surface area (Å²) in [5, 5.41) is 2.84. The van der Waals surface area contributed by atoms with Gasteiger partial charge in [-0.3, -0.25) is 4.79 Å². The van der Waals surface area contributed by atoms with E-state index in [4.69, 9.17) is 14.2 Å². The van der Waals surface area contributed by atoms with Gasteiger partial charge in [-0.25, -0.2) is 4.79 Å². The lowest BCUT2D eigenvalue weighted by Gasteiger charge is -2.11. The molecule has 0 unspecified atom stereocenters. The molecule has 140 valence electrons. The fourth-order valence-corrected chi connectivity index (χ4v) is 2.75. The Morgan fingerprint density at radius 2 is 1.88 bits per heavy atom. The second-order valence-electron chi connectivity index (χ2n) is 5.72. The van der Waals surface area contributed by atoms with Crippen molar-refractivity contribution < 1.29 is 23.8 Å². The molecule has 0 saturated carbocycles. The number of ether oxygens (including phenoxy) is 3. The van der Waals surface area contributed by atoms with Crippen LogP contribution >= 0.6 is 0 Å². The first kappa shape index (κ1) is 19.4. The number of rotatable bonds is 7. The molecule has 1 aromatic carbocycles. The van der Waals surface area contributed by atoms with E-state index in [1.165, 1.54) is 7.11 Å². The predicted octanol–water partition coefficient (Wildman–Crippen LogP) is 2.76. The Morgan fingerprint density at radius 1 is 1.15 bits per heavy atom. The van der Waals surface area contributed by atoms with Crippen molar-refractivity contribution in [3.63, 3.8) is 0 Å². The Bertz CT molecular complexity index is 811. The quantitative estimate of drug-likeness (QED) is 0.741. The van der Waals surface area contributed by atoms with Gasteiger partial charge in [-0.15, -0.1) is 0 Å². The largest absolute Gasteiger partial charge is 0.493 e. The number of hydrogen-bond acceptors (Lipinski definition) is 5. The standard InChI is InChI=1S/C19H24N2O5/c1-6-26-14-8-7-13(9-15(14)24-4)10-20-18(22)17-11(2)16(12(3)21-17)19(23)25-5/h7-9,21H,6,10H2,1-5H3,(H,20,22). The van der Waals surface area contributed by atoms with E-state index in [0.717, 1.165) is 5.56 Å². The zero-order chi connectivity index (χ0) is 19.3. The number of H-pyrrole nitrogens is 1. The molecular weight excluding hydrogens is 336 g/mol. The molecule has 2 aromatic rings. The Labute approximate surface area is 152 Å². The molecule has 0 radical (unpaired) electrons. The van der Waals surface area contributed by atoms with Crippen LogP contribution in [0, 0.1) is 13.8 Å². The van der Waals surface area contributed by atoms with Crippen molar-refractivity contribution in [2.45, 2.75) is 27.3 Å². The van der Waals surface area contributed by atoms with Gasteiger partial charge in [0.05, 0.1) is 26.4 Å². The first-order chi connectivity index (χ1) is 12.4. The number of carbonyl (C=O) groups is 2. The summed E-state index contributed by atoms with van der Waals surface area (Å²) in [5.74, 6) is 0.502. The molecule has 7 heteroatoms. The molecule has 0 atom stereocenters. The van der Waals surface area contributed by atoms with Crippen molar-refractivity contribution in [2.24, 2.45) is 0 Å². The van der Waals surface area contributed by atoms with Gasteiger partial charge in [0.1, 0.15) is 5.69 Å². The van der Waals surface area contributed by atoms with Crippen molar-refractivity contribution in [1.29, 1.82) is 0 Å². The maximum Gasteiger partial charge on any atom is 0.339 e. The molecule has 2 rings (SSSR count). The van der Waals surface area contributed by atoms with Gasteiger partial charge >= 0.3 is 5.97 Å². The van der Waals surface area contributed by atoms with Gasteiger partial charge in [0.15, 0.2) is 11.5 Å². The number of methoxy groups -OCH3 is 2. The number of aromatic nitrogens is 1. The van der Waals surface area contributed by atoms with Crippen molar-refractivity contribution in [3.05, 3.63) is 46.3 Å². The highest BCUT2D eigenvalue weighted by Gasteiger charge is 2.22. The summed E-state index contributed by atoms with van der Waals surface area (Å²) in [6.45, 7) is 6.20. The Hall–Kier alpha value is -2.96. The van der Waals surface area contributed by atoms with Crippen LogP contribution in [0.3, 0.4) is 0 Å². The molecule has 1 aromatic heterocycles. The minimum atomic E-state index is -0.466. The molecule has 2 N–H and O–H groups in total. The van der Waals surface area contributed by atoms with Crippen LogP contribution < -0.4 is 14.8 Å². The summed E-state index contributed by atoms with van der Waals surface area (Å²) >= 11 is 0. The number of aromatic amines is 1. The van der Waals surface area contributed by atoms with Gasteiger partial charge < -0.3 is 24.5 Å². The van der Waals surface area contributed by atoms with Gasteiger partial charge in [-0.2, -0.15) is 0 Å².